The van der Waals surface area contributed by atoms with Gasteiger partial charge in [0.25, 0.3) is 5.91 Å². The molecule has 2 aromatic heterocycles. The molecule has 1 aliphatic rings. The Bertz CT molecular complexity index is 670. The SMILES string of the molecule is CC1(C)CN(C(=O)c2cnn3ccncc23)CC(CBr)O1. The van der Waals surface area contributed by atoms with Crippen molar-refractivity contribution in [3.05, 3.63) is 30.4 Å². The molecule has 1 atom stereocenters. The van der Waals surface area contributed by atoms with Crippen LogP contribution in [0.5, 0.6) is 0 Å². The average Bonchev–Trinajstić information content (AvgIpc) is 2.88. The molecule has 0 radical (unpaired) electrons. The Kier molecular flexibility index (Phi) is 3.71. The fourth-order valence-corrected chi connectivity index (χ4v) is 3.04. The first-order valence-electron chi connectivity index (χ1n) is 6.80. The summed E-state index contributed by atoms with van der Waals surface area (Å²) >= 11 is 3.44. The van der Waals surface area contributed by atoms with Crippen molar-refractivity contribution in [1.29, 1.82) is 0 Å². The van der Waals surface area contributed by atoms with E-state index < -0.39 is 0 Å². The number of ether oxygens (including phenoxy) is 1. The van der Waals surface area contributed by atoms with Crippen molar-refractivity contribution in [2.75, 3.05) is 18.4 Å². The lowest BCUT2D eigenvalue weighted by Crippen LogP contribution is -2.55. The van der Waals surface area contributed by atoms with Gasteiger partial charge in [-0.05, 0) is 13.8 Å². The zero-order valence-corrected chi connectivity index (χ0v) is 13.6. The van der Waals surface area contributed by atoms with Crippen LogP contribution in [0.4, 0.5) is 0 Å². The molecule has 3 rings (SSSR count). The van der Waals surface area contributed by atoms with Gasteiger partial charge >= 0.3 is 0 Å². The number of nitrogens with zero attached hydrogens (tertiary/aromatic N) is 4. The zero-order valence-electron chi connectivity index (χ0n) is 12.0. The second-order valence-corrected chi connectivity index (χ2v) is 6.45. The van der Waals surface area contributed by atoms with Crippen molar-refractivity contribution in [1.82, 2.24) is 19.5 Å². The van der Waals surface area contributed by atoms with Crippen LogP contribution in [-0.2, 0) is 4.74 Å². The Labute approximate surface area is 131 Å². The van der Waals surface area contributed by atoms with Crippen molar-refractivity contribution >= 4 is 27.4 Å². The summed E-state index contributed by atoms with van der Waals surface area (Å²) in [5.74, 6) is -0.0275. The number of aromatic nitrogens is 3. The zero-order chi connectivity index (χ0) is 15.0. The number of hydrogen-bond acceptors (Lipinski definition) is 4. The maximum absolute atomic E-state index is 12.8. The molecule has 0 bridgehead atoms. The van der Waals surface area contributed by atoms with Crippen LogP contribution in [-0.4, -0.2) is 55.5 Å². The summed E-state index contributed by atoms with van der Waals surface area (Å²) in [5, 5.41) is 4.90. The molecule has 1 unspecified atom stereocenters. The van der Waals surface area contributed by atoms with Crippen molar-refractivity contribution in [3.63, 3.8) is 0 Å². The van der Waals surface area contributed by atoms with E-state index in [1.54, 1.807) is 29.3 Å². The third-order valence-corrected chi connectivity index (χ3v) is 4.22. The summed E-state index contributed by atoms with van der Waals surface area (Å²) in [6.45, 7) is 5.14. The maximum atomic E-state index is 12.8. The predicted octanol–water partition coefficient (Wildman–Crippen LogP) is 1.74. The van der Waals surface area contributed by atoms with Crippen LogP contribution >= 0.6 is 15.9 Å². The van der Waals surface area contributed by atoms with Gasteiger partial charge in [-0.25, -0.2) is 4.52 Å². The quantitative estimate of drug-likeness (QED) is 0.772. The Morgan fingerprint density at radius 3 is 3.10 bits per heavy atom. The highest BCUT2D eigenvalue weighted by Crippen LogP contribution is 2.24. The number of alkyl halides is 1. The van der Waals surface area contributed by atoms with Gasteiger partial charge < -0.3 is 9.64 Å². The van der Waals surface area contributed by atoms with Crippen molar-refractivity contribution in [2.24, 2.45) is 0 Å². The van der Waals surface area contributed by atoms with Crippen LogP contribution < -0.4 is 0 Å². The molecule has 3 heterocycles. The molecule has 0 aliphatic carbocycles. The van der Waals surface area contributed by atoms with Crippen LogP contribution in [0, 0.1) is 0 Å². The molecule has 1 amide bonds. The molecular weight excluding hydrogens is 336 g/mol. The monoisotopic (exact) mass is 352 g/mol. The molecule has 112 valence electrons. The number of halogens is 1. The van der Waals surface area contributed by atoms with E-state index >= 15 is 0 Å². The van der Waals surface area contributed by atoms with Gasteiger partial charge in [0.15, 0.2) is 0 Å². The van der Waals surface area contributed by atoms with Gasteiger partial charge in [-0.15, -0.1) is 0 Å². The number of amides is 1. The molecule has 7 heteroatoms. The van der Waals surface area contributed by atoms with Crippen molar-refractivity contribution in [2.45, 2.75) is 25.6 Å². The van der Waals surface area contributed by atoms with Gasteiger partial charge in [0, 0.05) is 30.8 Å². The lowest BCUT2D eigenvalue weighted by molar-refractivity contribution is -0.116. The second kappa shape index (κ2) is 5.38. The summed E-state index contributed by atoms with van der Waals surface area (Å²) in [5.41, 5.74) is 0.949. The summed E-state index contributed by atoms with van der Waals surface area (Å²) in [6.07, 6.45) is 6.64. The number of morpholine rings is 1. The first kappa shape index (κ1) is 14.5. The minimum Gasteiger partial charge on any atom is -0.368 e. The van der Waals surface area contributed by atoms with Gasteiger partial charge in [-0.2, -0.15) is 5.10 Å². The Morgan fingerprint density at radius 1 is 1.52 bits per heavy atom. The number of hydrogen-bond donors (Lipinski definition) is 0. The van der Waals surface area contributed by atoms with Crippen LogP contribution in [0.25, 0.3) is 5.52 Å². The minimum atomic E-state index is -0.354. The number of carbonyl (C=O) groups is 1. The smallest absolute Gasteiger partial charge is 0.257 e. The average molecular weight is 353 g/mol. The van der Waals surface area contributed by atoms with E-state index in [0.29, 0.717) is 24.0 Å². The normalized spacial score (nSPS) is 21.7. The standard InChI is InChI=1S/C14H17BrN4O2/c1-14(2)9-18(8-10(5-15)21-14)13(20)11-6-17-19-4-3-16-7-12(11)19/h3-4,6-7,10H,5,8-9H2,1-2H3. The minimum absolute atomic E-state index is 0.00216. The lowest BCUT2D eigenvalue weighted by Gasteiger charge is -2.42. The highest BCUT2D eigenvalue weighted by Gasteiger charge is 2.36. The summed E-state index contributed by atoms with van der Waals surface area (Å²) in [6, 6.07) is 0. The van der Waals surface area contributed by atoms with Gasteiger partial charge in [0.05, 0.1) is 35.2 Å². The van der Waals surface area contributed by atoms with E-state index in [4.69, 9.17) is 4.74 Å². The third kappa shape index (κ3) is 2.80. The van der Waals surface area contributed by atoms with Crippen LogP contribution in [0.1, 0.15) is 24.2 Å². The molecule has 1 aliphatic heterocycles. The number of fused-ring (bicyclic) bond motifs is 1. The molecule has 1 saturated heterocycles. The van der Waals surface area contributed by atoms with Crippen LogP contribution in [0.3, 0.4) is 0 Å². The van der Waals surface area contributed by atoms with Crippen LogP contribution in [0.15, 0.2) is 24.8 Å². The van der Waals surface area contributed by atoms with E-state index in [-0.39, 0.29) is 17.6 Å². The van der Waals surface area contributed by atoms with Crippen molar-refractivity contribution < 1.29 is 9.53 Å². The summed E-state index contributed by atoms with van der Waals surface area (Å²) in [4.78, 5) is 18.7. The van der Waals surface area contributed by atoms with Crippen molar-refractivity contribution in [3.8, 4) is 0 Å². The fourth-order valence-electron chi connectivity index (χ4n) is 2.70. The molecule has 21 heavy (non-hydrogen) atoms. The molecule has 2 aromatic rings. The topological polar surface area (TPSA) is 59.7 Å². The van der Waals surface area contributed by atoms with E-state index in [1.165, 1.54) is 0 Å². The van der Waals surface area contributed by atoms with Gasteiger partial charge in [0.1, 0.15) is 0 Å². The fraction of sp³-hybridized carbons (Fsp3) is 0.500. The highest BCUT2D eigenvalue weighted by molar-refractivity contribution is 9.09. The maximum Gasteiger partial charge on any atom is 0.257 e. The largest absolute Gasteiger partial charge is 0.368 e. The Morgan fingerprint density at radius 2 is 2.33 bits per heavy atom. The summed E-state index contributed by atoms with van der Waals surface area (Å²) < 4.78 is 7.59. The first-order valence-corrected chi connectivity index (χ1v) is 7.93. The first-order chi connectivity index (χ1) is 10.00. The Balaban J connectivity index is 1.90. The number of rotatable bonds is 2. The molecule has 1 fully saturated rings. The van der Waals surface area contributed by atoms with E-state index in [9.17, 15) is 4.79 Å². The lowest BCUT2D eigenvalue weighted by atomic mass is 10.0. The third-order valence-electron chi connectivity index (χ3n) is 3.50. The van der Waals surface area contributed by atoms with E-state index in [0.717, 1.165) is 5.52 Å². The van der Waals surface area contributed by atoms with Gasteiger partial charge in [0.2, 0.25) is 0 Å². The predicted molar refractivity (Wildman–Crippen MR) is 81.6 cm³/mol. The molecule has 0 aromatic carbocycles. The highest BCUT2D eigenvalue weighted by atomic mass is 79.9. The second-order valence-electron chi connectivity index (χ2n) is 5.80. The van der Waals surface area contributed by atoms with E-state index in [2.05, 4.69) is 26.0 Å². The number of carbonyl (C=O) groups excluding carboxylic acids is 1. The molecule has 0 saturated carbocycles. The summed E-state index contributed by atoms with van der Waals surface area (Å²) in [7, 11) is 0. The van der Waals surface area contributed by atoms with E-state index in [1.807, 2.05) is 18.7 Å². The molecule has 6 nitrogen and oxygen atoms in total. The van der Waals surface area contributed by atoms with Gasteiger partial charge in [-0.3, -0.25) is 9.78 Å². The van der Waals surface area contributed by atoms with Crippen LogP contribution in [0.2, 0.25) is 0 Å². The molecular formula is C14H17BrN4O2. The molecule has 0 spiro atoms. The van der Waals surface area contributed by atoms with Gasteiger partial charge in [-0.1, -0.05) is 15.9 Å². The Hall–Kier alpha value is -1.47. The molecule has 0 N–H and O–H groups in total.